The maximum Gasteiger partial charge on any atom is 0.418 e. The summed E-state index contributed by atoms with van der Waals surface area (Å²) in [4.78, 5) is 20.6. The number of rotatable bonds is 6. The molecule has 3 aromatic heterocycles. The SMILES string of the molecule is CC(C)[C@H](CO)Nc1cc(NC(=O)Oc2cccnc2)n2ncc(Br)c2n1. The van der Waals surface area contributed by atoms with Crippen molar-refractivity contribution in [1.29, 1.82) is 0 Å². The molecule has 9 nitrogen and oxygen atoms in total. The number of halogens is 1. The molecule has 1 amide bonds. The zero-order chi connectivity index (χ0) is 19.4. The topological polar surface area (TPSA) is 114 Å². The van der Waals surface area contributed by atoms with Gasteiger partial charge < -0.3 is 15.2 Å². The minimum atomic E-state index is -0.685. The van der Waals surface area contributed by atoms with Crippen LogP contribution in [-0.4, -0.2) is 43.4 Å². The van der Waals surface area contributed by atoms with E-state index in [2.05, 4.69) is 41.6 Å². The Bertz CT molecular complexity index is 931. The fourth-order valence-electron chi connectivity index (χ4n) is 2.36. The van der Waals surface area contributed by atoms with E-state index in [1.54, 1.807) is 30.6 Å². The molecular formula is C17H19BrN6O3. The number of hydrogen-bond donors (Lipinski definition) is 3. The average molecular weight is 435 g/mol. The number of ether oxygens (including phenoxy) is 1. The van der Waals surface area contributed by atoms with E-state index in [9.17, 15) is 9.90 Å². The predicted molar refractivity (Wildman–Crippen MR) is 104 cm³/mol. The minimum Gasteiger partial charge on any atom is -0.408 e. The fourth-order valence-corrected chi connectivity index (χ4v) is 2.70. The van der Waals surface area contributed by atoms with Crippen molar-refractivity contribution in [3.05, 3.63) is 41.3 Å². The molecule has 3 rings (SSSR count). The molecule has 3 N–H and O–H groups in total. The number of anilines is 2. The minimum absolute atomic E-state index is 0.0449. The maximum atomic E-state index is 12.2. The van der Waals surface area contributed by atoms with E-state index in [4.69, 9.17) is 4.74 Å². The van der Waals surface area contributed by atoms with Crippen molar-refractivity contribution in [3.63, 3.8) is 0 Å². The molecule has 1 atom stereocenters. The molecule has 0 unspecified atom stereocenters. The van der Waals surface area contributed by atoms with Crippen molar-refractivity contribution < 1.29 is 14.6 Å². The van der Waals surface area contributed by atoms with Gasteiger partial charge in [0.2, 0.25) is 0 Å². The standard InChI is InChI=1S/C17H19BrN6O3/c1-10(2)13(9-25)21-14-6-15(24-16(22-14)12(18)8-20-24)23-17(26)27-11-4-3-5-19-7-11/h3-8,10,13,25H,9H2,1-2H3,(H,21,22)(H,23,26)/t13-/m0/s1. The Morgan fingerprint density at radius 1 is 1.41 bits per heavy atom. The van der Waals surface area contributed by atoms with Crippen LogP contribution in [0.15, 0.2) is 41.3 Å². The van der Waals surface area contributed by atoms with Crippen LogP contribution in [0.2, 0.25) is 0 Å². The van der Waals surface area contributed by atoms with Gasteiger partial charge in [-0.2, -0.15) is 9.61 Å². The zero-order valence-electron chi connectivity index (χ0n) is 14.8. The van der Waals surface area contributed by atoms with Gasteiger partial charge in [0.1, 0.15) is 11.6 Å². The third-order valence-corrected chi connectivity index (χ3v) is 4.40. The second kappa shape index (κ2) is 8.31. The molecule has 0 saturated carbocycles. The second-order valence-corrected chi connectivity index (χ2v) is 6.99. The number of amides is 1. The number of carbonyl (C=O) groups is 1. The highest BCUT2D eigenvalue weighted by atomic mass is 79.9. The first-order chi connectivity index (χ1) is 13.0. The summed E-state index contributed by atoms with van der Waals surface area (Å²) in [6.45, 7) is 3.94. The molecule has 3 aromatic rings. The molecule has 0 aliphatic rings. The largest absolute Gasteiger partial charge is 0.418 e. The Hall–Kier alpha value is -2.72. The van der Waals surface area contributed by atoms with Crippen molar-refractivity contribution in [2.75, 3.05) is 17.2 Å². The van der Waals surface area contributed by atoms with Gasteiger partial charge >= 0.3 is 6.09 Å². The molecule has 142 valence electrons. The van der Waals surface area contributed by atoms with Gasteiger partial charge in [-0.05, 0) is 34.0 Å². The van der Waals surface area contributed by atoms with Crippen LogP contribution in [0.1, 0.15) is 13.8 Å². The Morgan fingerprint density at radius 3 is 2.89 bits per heavy atom. The van der Waals surface area contributed by atoms with E-state index in [0.29, 0.717) is 27.5 Å². The van der Waals surface area contributed by atoms with Crippen molar-refractivity contribution in [1.82, 2.24) is 19.6 Å². The Labute approximate surface area is 163 Å². The summed E-state index contributed by atoms with van der Waals surface area (Å²) in [5.41, 5.74) is 0.511. The van der Waals surface area contributed by atoms with Crippen molar-refractivity contribution >= 4 is 39.3 Å². The monoisotopic (exact) mass is 434 g/mol. The quantitative estimate of drug-likeness (QED) is 0.546. The third kappa shape index (κ3) is 4.52. The predicted octanol–water partition coefficient (Wildman–Crippen LogP) is 2.93. The molecule has 10 heteroatoms. The van der Waals surface area contributed by atoms with Gasteiger partial charge in [0, 0.05) is 12.3 Å². The molecule has 0 aliphatic heterocycles. The van der Waals surface area contributed by atoms with Gasteiger partial charge in [-0.15, -0.1) is 0 Å². The summed E-state index contributed by atoms with van der Waals surface area (Å²) in [6.07, 6.45) is 3.92. The number of carbonyl (C=O) groups excluding carboxylic acids is 1. The number of aromatic nitrogens is 4. The Kier molecular flexibility index (Phi) is 5.87. The molecule has 0 saturated heterocycles. The summed E-state index contributed by atoms with van der Waals surface area (Å²) in [6, 6.07) is 4.74. The lowest BCUT2D eigenvalue weighted by molar-refractivity contribution is 0.215. The number of fused-ring (bicyclic) bond motifs is 1. The van der Waals surface area contributed by atoms with Gasteiger partial charge in [0.25, 0.3) is 0 Å². The lowest BCUT2D eigenvalue weighted by Crippen LogP contribution is -2.30. The molecule has 0 spiro atoms. The smallest absolute Gasteiger partial charge is 0.408 e. The second-order valence-electron chi connectivity index (χ2n) is 6.14. The summed E-state index contributed by atoms with van der Waals surface area (Å²) in [7, 11) is 0. The molecule has 0 aromatic carbocycles. The number of pyridine rings is 1. The van der Waals surface area contributed by atoms with E-state index in [0.717, 1.165) is 0 Å². The number of aliphatic hydroxyl groups excluding tert-OH is 1. The molecule has 0 radical (unpaired) electrons. The molecule has 0 fully saturated rings. The van der Waals surface area contributed by atoms with Gasteiger partial charge in [0.15, 0.2) is 11.4 Å². The lowest BCUT2D eigenvalue weighted by atomic mass is 10.1. The van der Waals surface area contributed by atoms with E-state index >= 15 is 0 Å². The van der Waals surface area contributed by atoms with Gasteiger partial charge in [-0.25, -0.2) is 9.78 Å². The molecule has 27 heavy (non-hydrogen) atoms. The first kappa shape index (κ1) is 19.1. The van der Waals surface area contributed by atoms with E-state index < -0.39 is 6.09 Å². The van der Waals surface area contributed by atoms with Crippen LogP contribution >= 0.6 is 15.9 Å². The highest BCUT2D eigenvalue weighted by Gasteiger charge is 2.17. The van der Waals surface area contributed by atoms with E-state index in [1.165, 1.54) is 10.7 Å². The molecule has 0 bridgehead atoms. The summed E-state index contributed by atoms with van der Waals surface area (Å²) < 4.78 is 7.35. The average Bonchev–Trinajstić information content (AvgIpc) is 3.01. The number of hydrogen-bond acceptors (Lipinski definition) is 7. The summed E-state index contributed by atoms with van der Waals surface area (Å²) in [5.74, 6) is 1.37. The highest BCUT2D eigenvalue weighted by Crippen LogP contribution is 2.23. The zero-order valence-corrected chi connectivity index (χ0v) is 16.3. The number of aliphatic hydroxyl groups is 1. The number of nitrogens with zero attached hydrogens (tertiary/aromatic N) is 4. The summed E-state index contributed by atoms with van der Waals surface area (Å²) >= 11 is 3.39. The van der Waals surface area contributed by atoms with E-state index in [-0.39, 0.29) is 18.6 Å². The van der Waals surface area contributed by atoms with Crippen LogP contribution in [0, 0.1) is 5.92 Å². The van der Waals surface area contributed by atoms with Crippen LogP contribution in [0.4, 0.5) is 16.4 Å². The van der Waals surface area contributed by atoms with Gasteiger partial charge in [0.05, 0.1) is 29.5 Å². The lowest BCUT2D eigenvalue weighted by Gasteiger charge is -2.21. The third-order valence-electron chi connectivity index (χ3n) is 3.84. The fraction of sp³-hybridized carbons (Fsp3) is 0.294. The van der Waals surface area contributed by atoms with Crippen molar-refractivity contribution in [3.8, 4) is 5.75 Å². The summed E-state index contributed by atoms with van der Waals surface area (Å²) in [5, 5.41) is 19.6. The van der Waals surface area contributed by atoms with E-state index in [1.807, 2.05) is 13.8 Å². The molecule has 0 aliphatic carbocycles. The van der Waals surface area contributed by atoms with Crippen LogP contribution in [0.25, 0.3) is 5.65 Å². The van der Waals surface area contributed by atoms with Gasteiger partial charge in [-0.3, -0.25) is 10.3 Å². The van der Waals surface area contributed by atoms with Crippen LogP contribution in [-0.2, 0) is 0 Å². The van der Waals surface area contributed by atoms with Crippen molar-refractivity contribution in [2.24, 2.45) is 5.92 Å². The first-order valence-corrected chi connectivity index (χ1v) is 9.07. The normalized spacial score (nSPS) is 12.2. The number of nitrogens with one attached hydrogen (secondary N) is 2. The molecule has 3 heterocycles. The highest BCUT2D eigenvalue weighted by molar-refractivity contribution is 9.10. The Balaban J connectivity index is 1.88. The van der Waals surface area contributed by atoms with Crippen molar-refractivity contribution in [2.45, 2.75) is 19.9 Å². The first-order valence-electron chi connectivity index (χ1n) is 8.28. The maximum absolute atomic E-state index is 12.2. The Morgan fingerprint density at radius 2 is 2.22 bits per heavy atom. The van der Waals surface area contributed by atoms with Crippen LogP contribution < -0.4 is 15.4 Å². The molecular weight excluding hydrogens is 416 g/mol. The van der Waals surface area contributed by atoms with Gasteiger partial charge in [-0.1, -0.05) is 13.8 Å². The van der Waals surface area contributed by atoms with Crippen LogP contribution in [0.3, 0.4) is 0 Å². The van der Waals surface area contributed by atoms with Crippen LogP contribution in [0.5, 0.6) is 5.75 Å².